The highest BCUT2D eigenvalue weighted by atomic mass is 127. The molecule has 0 bridgehead atoms. The maximum absolute atomic E-state index is 4.54. The van der Waals surface area contributed by atoms with Crippen molar-refractivity contribution < 1.29 is 0 Å². The maximum Gasteiger partial charge on any atom is 0.193 e. The van der Waals surface area contributed by atoms with Crippen molar-refractivity contribution in [2.75, 3.05) is 25.9 Å². The summed E-state index contributed by atoms with van der Waals surface area (Å²) in [6, 6.07) is 11.4. The molecule has 3 unspecified atom stereocenters. The minimum atomic E-state index is 0. The molecule has 0 aromatic heterocycles. The number of rotatable bonds is 3. The molecule has 1 saturated carbocycles. The molecule has 2 fully saturated rings. The van der Waals surface area contributed by atoms with Gasteiger partial charge in [-0.2, -0.15) is 11.8 Å². The van der Waals surface area contributed by atoms with Crippen LogP contribution in [-0.2, 0) is 0 Å². The summed E-state index contributed by atoms with van der Waals surface area (Å²) in [5.41, 5.74) is 1.45. The normalized spacial score (nSPS) is 27.6. The molecule has 1 aliphatic carbocycles. The summed E-state index contributed by atoms with van der Waals surface area (Å²) < 4.78 is 0. The van der Waals surface area contributed by atoms with Gasteiger partial charge >= 0.3 is 0 Å². The first-order valence-electron chi connectivity index (χ1n) is 8.34. The third kappa shape index (κ3) is 4.78. The van der Waals surface area contributed by atoms with Gasteiger partial charge in [-0.05, 0) is 17.9 Å². The lowest BCUT2D eigenvalue weighted by Crippen LogP contribution is -2.49. The summed E-state index contributed by atoms with van der Waals surface area (Å²) in [5.74, 6) is 3.67. The Morgan fingerprint density at radius 1 is 1.30 bits per heavy atom. The number of hydrogen-bond acceptors (Lipinski definition) is 2. The van der Waals surface area contributed by atoms with Crippen molar-refractivity contribution in [2.45, 2.75) is 37.5 Å². The van der Waals surface area contributed by atoms with Crippen LogP contribution in [0.25, 0.3) is 0 Å². The predicted octanol–water partition coefficient (Wildman–Crippen LogP) is 3.81. The van der Waals surface area contributed by atoms with E-state index in [0.717, 1.165) is 30.2 Å². The Bertz CT molecular complexity index is 520. The molecule has 0 amide bonds. The third-order valence-electron chi connectivity index (χ3n) is 4.68. The molecule has 3 atom stereocenters. The van der Waals surface area contributed by atoms with Crippen molar-refractivity contribution in [3.63, 3.8) is 0 Å². The van der Waals surface area contributed by atoms with E-state index in [-0.39, 0.29) is 24.0 Å². The monoisotopic (exact) mass is 445 g/mol. The Morgan fingerprint density at radius 2 is 2.04 bits per heavy atom. The number of aliphatic imine (C=N–C) groups is 1. The van der Waals surface area contributed by atoms with Gasteiger partial charge in [0.25, 0.3) is 0 Å². The van der Waals surface area contributed by atoms with Crippen molar-refractivity contribution in [3.05, 3.63) is 35.9 Å². The van der Waals surface area contributed by atoms with Crippen molar-refractivity contribution in [1.82, 2.24) is 10.2 Å². The first kappa shape index (κ1) is 18.9. The van der Waals surface area contributed by atoms with Gasteiger partial charge in [-0.3, -0.25) is 4.99 Å². The Balaban J connectivity index is 0.00000192. The van der Waals surface area contributed by atoms with Crippen LogP contribution < -0.4 is 5.32 Å². The lowest BCUT2D eigenvalue weighted by atomic mass is 10.1. The van der Waals surface area contributed by atoms with Crippen LogP contribution in [0.3, 0.4) is 0 Å². The molecule has 5 heteroatoms. The second-order valence-corrected chi connectivity index (χ2v) is 8.00. The zero-order valence-corrected chi connectivity index (χ0v) is 17.4. The first-order chi connectivity index (χ1) is 10.7. The summed E-state index contributed by atoms with van der Waals surface area (Å²) in [5, 5.41) is 4.40. The van der Waals surface area contributed by atoms with Crippen LogP contribution in [0.1, 0.15) is 31.7 Å². The van der Waals surface area contributed by atoms with Crippen LogP contribution in [-0.4, -0.2) is 48.0 Å². The standard InChI is InChI=1S/C18H27N3S.HI/c1-13(2)17-12-21(9-10-22-17)18(19-3)20-16-11-15(16)14-7-5-4-6-8-14;/h4-8,13,15-17H,9-12H2,1-3H3,(H,19,20);1H. The molecule has 128 valence electrons. The van der Waals surface area contributed by atoms with Crippen LogP contribution in [0.5, 0.6) is 0 Å². The number of nitrogens with one attached hydrogen (secondary N) is 1. The largest absolute Gasteiger partial charge is 0.353 e. The van der Waals surface area contributed by atoms with Crippen LogP contribution in [0.15, 0.2) is 35.3 Å². The molecule has 0 radical (unpaired) electrons. The molecule has 1 saturated heterocycles. The average molecular weight is 445 g/mol. The van der Waals surface area contributed by atoms with Crippen LogP contribution in [0, 0.1) is 5.92 Å². The topological polar surface area (TPSA) is 27.6 Å². The highest BCUT2D eigenvalue weighted by Gasteiger charge is 2.39. The van der Waals surface area contributed by atoms with Crippen LogP contribution >= 0.6 is 35.7 Å². The molecule has 1 aromatic rings. The smallest absolute Gasteiger partial charge is 0.193 e. The summed E-state index contributed by atoms with van der Waals surface area (Å²) in [4.78, 5) is 6.98. The van der Waals surface area contributed by atoms with E-state index < -0.39 is 0 Å². The number of thioether (sulfide) groups is 1. The van der Waals surface area contributed by atoms with Crippen LogP contribution in [0.4, 0.5) is 0 Å². The molecule has 1 N–H and O–H groups in total. The molecule has 0 spiro atoms. The quantitative estimate of drug-likeness (QED) is 0.436. The van der Waals surface area contributed by atoms with Gasteiger partial charge in [0.05, 0.1) is 0 Å². The predicted molar refractivity (Wildman–Crippen MR) is 112 cm³/mol. The van der Waals surface area contributed by atoms with E-state index in [1.54, 1.807) is 0 Å². The Hall–Kier alpha value is -0.430. The van der Waals surface area contributed by atoms with Gasteiger partial charge < -0.3 is 10.2 Å². The summed E-state index contributed by atoms with van der Waals surface area (Å²) in [7, 11) is 1.91. The van der Waals surface area contributed by atoms with Gasteiger partial charge in [-0.1, -0.05) is 44.2 Å². The number of hydrogen-bond donors (Lipinski definition) is 1. The van der Waals surface area contributed by atoms with Crippen molar-refractivity contribution >= 4 is 41.7 Å². The fraction of sp³-hybridized carbons (Fsp3) is 0.611. The highest BCUT2D eigenvalue weighted by molar-refractivity contribution is 14.0. The summed E-state index contributed by atoms with van der Waals surface area (Å²) in [6.45, 7) is 6.87. The lowest BCUT2D eigenvalue weighted by Gasteiger charge is -2.36. The molecule has 23 heavy (non-hydrogen) atoms. The zero-order valence-electron chi connectivity index (χ0n) is 14.2. The molecule has 1 aliphatic heterocycles. The van der Waals surface area contributed by atoms with Crippen molar-refractivity contribution in [3.8, 4) is 0 Å². The molecule has 1 aromatic carbocycles. The van der Waals surface area contributed by atoms with Gasteiger partial charge in [0.1, 0.15) is 0 Å². The van der Waals surface area contributed by atoms with Gasteiger partial charge in [-0.25, -0.2) is 0 Å². The van der Waals surface area contributed by atoms with E-state index in [4.69, 9.17) is 0 Å². The summed E-state index contributed by atoms with van der Waals surface area (Å²) >= 11 is 2.11. The number of benzene rings is 1. The average Bonchev–Trinajstić information content (AvgIpc) is 3.33. The Kier molecular flexibility index (Phi) is 7.07. The minimum absolute atomic E-state index is 0. The molecular formula is C18H28IN3S. The fourth-order valence-electron chi connectivity index (χ4n) is 3.16. The number of guanidine groups is 1. The lowest BCUT2D eigenvalue weighted by molar-refractivity contribution is 0.380. The zero-order chi connectivity index (χ0) is 15.5. The van der Waals surface area contributed by atoms with Gasteiger partial charge in [-0.15, -0.1) is 24.0 Å². The Morgan fingerprint density at radius 3 is 2.70 bits per heavy atom. The number of nitrogens with zero attached hydrogens (tertiary/aromatic N) is 2. The highest BCUT2D eigenvalue weighted by Crippen LogP contribution is 2.40. The third-order valence-corrected chi connectivity index (χ3v) is 6.22. The molecular weight excluding hydrogens is 417 g/mol. The van der Waals surface area contributed by atoms with Gasteiger partial charge in [0.2, 0.25) is 0 Å². The van der Waals surface area contributed by atoms with Crippen LogP contribution in [0.2, 0.25) is 0 Å². The van der Waals surface area contributed by atoms with Gasteiger partial charge in [0.15, 0.2) is 5.96 Å². The Labute approximate surface area is 161 Å². The number of halogens is 1. The van der Waals surface area contributed by atoms with Crippen molar-refractivity contribution in [2.24, 2.45) is 10.9 Å². The SMILES string of the molecule is CN=C(NC1CC1c1ccccc1)N1CCSC(C(C)C)C1.I. The fourth-order valence-corrected chi connectivity index (χ4v) is 4.46. The molecule has 2 aliphatic rings. The molecule has 3 rings (SSSR count). The van der Waals surface area contributed by atoms with E-state index >= 15 is 0 Å². The molecule has 3 nitrogen and oxygen atoms in total. The molecule has 1 heterocycles. The van der Waals surface area contributed by atoms with E-state index in [1.165, 1.54) is 17.7 Å². The van der Waals surface area contributed by atoms with Crippen molar-refractivity contribution in [1.29, 1.82) is 0 Å². The first-order valence-corrected chi connectivity index (χ1v) is 9.38. The second kappa shape index (κ2) is 8.60. The van der Waals surface area contributed by atoms with E-state index in [9.17, 15) is 0 Å². The second-order valence-electron chi connectivity index (χ2n) is 6.65. The van der Waals surface area contributed by atoms with Gasteiger partial charge in [0, 0.05) is 43.1 Å². The van der Waals surface area contributed by atoms with E-state index in [2.05, 4.69) is 71.2 Å². The van der Waals surface area contributed by atoms with E-state index in [0.29, 0.717) is 12.0 Å². The maximum atomic E-state index is 4.54. The summed E-state index contributed by atoms with van der Waals surface area (Å²) in [6.07, 6.45) is 1.22. The minimum Gasteiger partial charge on any atom is -0.353 e. The van der Waals surface area contributed by atoms with E-state index in [1.807, 2.05) is 7.05 Å².